The van der Waals surface area contributed by atoms with Crippen LogP contribution in [0, 0.1) is 11.6 Å². The molecule has 4 rings (SSSR count). The Balaban J connectivity index is 0.00000113. The van der Waals surface area contributed by atoms with Gasteiger partial charge in [0.2, 0.25) is 10.0 Å². The van der Waals surface area contributed by atoms with Crippen LogP contribution in [0.15, 0.2) is 70.8 Å². The number of aromatic nitrogens is 2. The van der Waals surface area contributed by atoms with Crippen molar-refractivity contribution in [2.75, 3.05) is 41.8 Å². The lowest BCUT2D eigenvalue weighted by atomic mass is 9.81. The number of rotatable bonds is 15. The molecule has 0 aliphatic heterocycles. The number of sulfonamides is 1. The van der Waals surface area contributed by atoms with Gasteiger partial charge in [-0.3, -0.25) is 9.36 Å². The summed E-state index contributed by atoms with van der Waals surface area (Å²) >= 11 is 14.0. The number of carboxylic acid groups (broad SMARTS) is 2. The minimum absolute atomic E-state index is 0.0313. The maximum atomic E-state index is 15.7. The lowest BCUT2D eigenvalue weighted by Crippen LogP contribution is -2.43. The van der Waals surface area contributed by atoms with Crippen molar-refractivity contribution in [2.24, 2.45) is 0 Å². The van der Waals surface area contributed by atoms with Crippen LogP contribution in [0.25, 0.3) is 5.69 Å². The quantitative estimate of drug-likeness (QED) is 0.0764. The number of likely N-dealkylation sites (N-methyl/N-ethyl adjacent to an activating group) is 1. The predicted molar refractivity (Wildman–Crippen MR) is 204 cm³/mol. The van der Waals surface area contributed by atoms with E-state index in [1.807, 2.05) is 51.7 Å². The number of carbonyl (C=O) groups excluding carboxylic acids is 1. The second kappa shape index (κ2) is 18.8. The molecule has 0 fully saturated rings. The van der Waals surface area contributed by atoms with Crippen molar-refractivity contribution >= 4 is 56.9 Å². The lowest BCUT2D eigenvalue weighted by Gasteiger charge is -2.28. The minimum Gasteiger partial charge on any atom is -0.542 e. The highest BCUT2D eigenvalue weighted by Crippen LogP contribution is 2.40. The van der Waals surface area contributed by atoms with Gasteiger partial charge in [0.1, 0.15) is 29.4 Å². The molecule has 0 amide bonds. The second-order valence-corrected chi connectivity index (χ2v) is 17.9. The number of carbonyl (C=O) groups is 2. The number of imidazole rings is 1. The number of nitrogens with zero attached hydrogens (tertiary/aromatic N) is 4. The van der Waals surface area contributed by atoms with E-state index < -0.39 is 56.1 Å². The molecule has 57 heavy (non-hydrogen) atoms. The minimum atomic E-state index is -5.19. The smallest absolute Gasteiger partial charge is 0.430 e. The van der Waals surface area contributed by atoms with Crippen molar-refractivity contribution in [3.05, 3.63) is 99.3 Å². The number of ether oxygens (including phenoxy) is 1. The van der Waals surface area contributed by atoms with Crippen molar-refractivity contribution in [3.8, 4) is 11.4 Å². The van der Waals surface area contributed by atoms with Gasteiger partial charge in [0.05, 0.1) is 56.6 Å². The number of halogens is 7. The molecular formula is C37H41Cl2F5N4O7S2. The Hall–Kier alpha value is -3.94. The Morgan fingerprint density at radius 3 is 2.14 bits per heavy atom. The van der Waals surface area contributed by atoms with Gasteiger partial charge >= 0.3 is 12.1 Å². The number of aliphatic carboxylic acids is 2. The Morgan fingerprint density at radius 1 is 1.04 bits per heavy atom. The Morgan fingerprint density at radius 2 is 1.63 bits per heavy atom. The van der Waals surface area contributed by atoms with E-state index in [9.17, 15) is 35.9 Å². The fourth-order valence-electron chi connectivity index (χ4n) is 5.47. The first-order valence-electron chi connectivity index (χ1n) is 16.8. The van der Waals surface area contributed by atoms with E-state index in [4.69, 9.17) is 37.8 Å². The van der Waals surface area contributed by atoms with Gasteiger partial charge in [-0.2, -0.15) is 17.5 Å². The van der Waals surface area contributed by atoms with Crippen LogP contribution in [0.5, 0.6) is 5.75 Å². The van der Waals surface area contributed by atoms with E-state index in [1.165, 1.54) is 26.3 Å². The number of quaternary nitrogens is 1. The number of hydrogen-bond acceptors (Lipinski definition) is 8. The zero-order valence-corrected chi connectivity index (χ0v) is 35.0. The van der Waals surface area contributed by atoms with E-state index in [0.29, 0.717) is 39.1 Å². The standard InChI is InChI=1S/C35H40Cl2F2N4O5S2.C2HF3O2/c1-35(2,22-10-15-27(36)31(17-22)48-7)32-20-40-34(42(32)24-13-11-23(38)12-14-24)49-21-26-28(37)18-25(19-29(26)39)50(46,47)41(3)30(33(44)45)9-8-16-43(4,5)6;3-2(4,5)1(6)7/h10-15,17-20,30H,8-9,16,21H2,1-7H3;(H,6,7)/t30-;/m1./s1. The Labute approximate surface area is 341 Å². The van der Waals surface area contributed by atoms with E-state index in [-0.39, 0.29) is 22.8 Å². The number of thioether (sulfide) groups is 1. The summed E-state index contributed by atoms with van der Waals surface area (Å²) in [5.74, 6) is -5.13. The summed E-state index contributed by atoms with van der Waals surface area (Å²) in [5.41, 5.74) is 1.59. The molecule has 0 saturated carbocycles. The number of carboxylic acids is 2. The first-order valence-corrected chi connectivity index (χ1v) is 20.0. The summed E-state index contributed by atoms with van der Waals surface area (Å²) < 4.78 is 96.8. The fraction of sp³-hybridized carbons (Fsp3) is 0.378. The fourth-order valence-corrected chi connectivity index (χ4v) is 8.49. The maximum absolute atomic E-state index is 15.7. The first-order chi connectivity index (χ1) is 26.2. The highest BCUT2D eigenvalue weighted by molar-refractivity contribution is 7.98. The second-order valence-electron chi connectivity index (χ2n) is 14.2. The highest BCUT2D eigenvalue weighted by Gasteiger charge is 2.35. The molecule has 3 aromatic carbocycles. The number of benzene rings is 3. The van der Waals surface area contributed by atoms with Gasteiger partial charge in [-0.05, 0) is 66.9 Å². The Kier molecular flexibility index (Phi) is 15.6. The van der Waals surface area contributed by atoms with Crippen molar-refractivity contribution < 1.29 is 59.4 Å². The van der Waals surface area contributed by atoms with Crippen molar-refractivity contribution in [3.63, 3.8) is 0 Å². The average molecular weight is 884 g/mol. The van der Waals surface area contributed by atoms with E-state index >= 15 is 4.39 Å². The molecule has 1 heterocycles. The molecule has 0 saturated heterocycles. The van der Waals surface area contributed by atoms with E-state index in [2.05, 4.69) is 4.98 Å². The lowest BCUT2D eigenvalue weighted by molar-refractivity contribution is -0.870. The van der Waals surface area contributed by atoms with Gasteiger partial charge in [0, 0.05) is 34.5 Å². The van der Waals surface area contributed by atoms with Crippen LogP contribution in [0.4, 0.5) is 22.0 Å². The molecule has 0 aliphatic rings. The molecule has 0 spiro atoms. The van der Waals surface area contributed by atoms with Crippen LogP contribution in [0.3, 0.4) is 0 Å². The van der Waals surface area contributed by atoms with Crippen LogP contribution in [0.2, 0.25) is 10.0 Å². The molecule has 4 aromatic rings. The van der Waals surface area contributed by atoms with E-state index in [1.54, 1.807) is 24.4 Å². The third kappa shape index (κ3) is 12.0. The summed E-state index contributed by atoms with van der Waals surface area (Å²) in [6.45, 7) is 4.62. The van der Waals surface area contributed by atoms with Crippen molar-refractivity contribution in [1.29, 1.82) is 0 Å². The van der Waals surface area contributed by atoms with Crippen LogP contribution in [-0.4, -0.2) is 97.9 Å². The van der Waals surface area contributed by atoms with Gasteiger partial charge in [-0.1, -0.05) is 54.9 Å². The summed E-state index contributed by atoms with van der Waals surface area (Å²) in [6.07, 6.45) is -2.96. The zero-order chi connectivity index (χ0) is 43.3. The molecule has 0 radical (unpaired) electrons. The molecule has 11 nitrogen and oxygen atoms in total. The topological polar surface area (TPSA) is 142 Å². The molecule has 1 aromatic heterocycles. The van der Waals surface area contributed by atoms with E-state index in [0.717, 1.165) is 39.5 Å². The first kappa shape index (κ1) is 47.4. The molecule has 1 atom stereocenters. The molecule has 312 valence electrons. The maximum Gasteiger partial charge on any atom is 0.430 e. The molecule has 0 unspecified atom stereocenters. The number of hydrogen-bond donors (Lipinski definition) is 1. The number of methoxy groups -OCH3 is 1. The van der Waals surface area contributed by atoms with Crippen molar-refractivity contribution in [1.82, 2.24) is 13.9 Å². The molecule has 20 heteroatoms. The van der Waals surface area contributed by atoms with Gasteiger partial charge in [0.25, 0.3) is 0 Å². The van der Waals surface area contributed by atoms with Crippen LogP contribution in [-0.2, 0) is 30.8 Å². The number of alkyl halides is 3. The van der Waals surface area contributed by atoms with Crippen molar-refractivity contribution in [2.45, 2.75) is 60.1 Å². The van der Waals surface area contributed by atoms with Crippen LogP contribution < -0.4 is 9.84 Å². The third-order valence-corrected chi connectivity index (χ3v) is 12.2. The Bertz CT molecular complexity index is 2160. The highest BCUT2D eigenvalue weighted by atomic mass is 35.5. The predicted octanol–water partition coefficient (Wildman–Crippen LogP) is 6.94. The van der Waals surface area contributed by atoms with Gasteiger partial charge in [-0.15, -0.1) is 0 Å². The summed E-state index contributed by atoms with van der Waals surface area (Å²) in [5, 5.41) is 19.4. The average Bonchev–Trinajstić information content (AvgIpc) is 3.54. The monoisotopic (exact) mass is 882 g/mol. The van der Waals surface area contributed by atoms with Gasteiger partial charge in [-0.25, -0.2) is 22.2 Å². The molecule has 0 aliphatic carbocycles. The normalized spacial score (nSPS) is 12.9. The van der Waals surface area contributed by atoms with Gasteiger partial charge in [0.15, 0.2) is 5.16 Å². The molecule has 1 N–H and O–H groups in total. The third-order valence-electron chi connectivity index (χ3n) is 8.73. The largest absolute Gasteiger partial charge is 0.542 e. The zero-order valence-electron chi connectivity index (χ0n) is 31.8. The van der Waals surface area contributed by atoms with Crippen LogP contribution in [0.1, 0.15) is 43.5 Å². The van der Waals surface area contributed by atoms with Crippen LogP contribution >= 0.6 is 35.0 Å². The van der Waals surface area contributed by atoms with Gasteiger partial charge < -0.3 is 24.2 Å². The summed E-state index contributed by atoms with van der Waals surface area (Å²) in [7, 11) is 4.14. The molecule has 0 bridgehead atoms. The SMILES string of the molecule is COc1cc(C(C)(C)c2cnc(SCc3c(F)cc(S(=O)(=O)N(C)[C@H](CCC[N+](C)(C)C)C(=O)O)cc3Cl)n2-c2ccc(F)cc2)ccc1Cl.O=C([O-])C(F)(F)F. The summed E-state index contributed by atoms with van der Waals surface area (Å²) in [4.78, 5) is 25.0. The summed E-state index contributed by atoms with van der Waals surface area (Å²) in [6, 6.07) is 12.0. The molecular weight excluding hydrogens is 842 g/mol.